The van der Waals surface area contributed by atoms with Gasteiger partial charge in [0.2, 0.25) is 0 Å². The summed E-state index contributed by atoms with van der Waals surface area (Å²) in [6, 6.07) is 8.07. The van der Waals surface area contributed by atoms with E-state index in [1.165, 1.54) is 5.56 Å². The topological polar surface area (TPSA) is 39.7 Å². The number of hydrogen-bond acceptors (Lipinski definition) is 4. The molecule has 0 atom stereocenters. The zero-order valence-corrected chi connectivity index (χ0v) is 11.3. The van der Waals surface area contributed by atoms with Crippen molar-refractivity contribution in [1.82, 2.24) is 5.32 Å². The lowest BCUT2D eigenvalue weighted by Crippen LogP contribution is -2.25. The Bertz CT molecular complexity index is 318. The summed E-state index contributed by atoms with van der Waals surface area (Å²) >= 11 is 0. The molecule has 0 fully saturated rings. The Morgan fingerprint density at radius 1 is 1.06 bits per heavy atom. The van der Waals surface area contributed by atoms with Gasteiger partial charge >= 0.3 is 0 Å². The van der Waals surface area contributed by atoms with Gasteiger partial charge in [0.1, 0.15) is 12.4 Å². The fourth-order valence-electron chi connectivity index (χ4n) is 1.46. The van der Waals surface area contributed by atoms with Gasteiger partial charge in [0.15, 0.2) is 0 Å². The van der Waals surface area contributed by atoms with E-state index in [2.05, 4.69) is 18.3 Å². The second-order valence-electron chi connectivity index (χ2n) is 4.02. The van der Waals surface area contributed by atoms with E-state index in [4.69, 9.17) is 14.2 Å². The van der Waals surface area contributed by atoms with Gasteiger partial charge in [-0.1, -0.05) is 12.1 Å². The van der Waals surface area contributed by atoms with E-state index in [1.807, 2.05) is 18.2 Å². The summed E-state index contributed by atoms with van der Waals surface area (Å²) in [5.74, 6) is 0.924. The number of rotatable bonds is 10. The molecule has 0 aliphatic carbocycles. The number of nitrogens with one attached hydrogen (secondary N) is 1. The molecule has 0 spiro atoms. The van der Waals surface area contributed by atoms with Crippen molar-refractivity contribution in [2.75, 3.05) is 46.6 Å². The first kappa shape index (κ1) is 15.0. The van der Waals surface area contributed by atoms with Crippen molar-refractivity contribution in [2.24, 2.45) is 0 Å². The van der Waals surface area contributed by atoms with Crippen molar-refractivity contribution in [2.45, 2.75) is 6.92 Å². The van der Waals surface area contributed by atoms with Crippen LogP contribution in [-0.4, -0.2) is 46.6 Å². The average Bonchev–Trinajstić information content (AvgIpc) is 2.37. The fraction of sp³-hybridized carbons (Fsp3) is 0.571. The minimum Gasteiger partial charge on any atom is -0.492 e. The van der Waals surface area contributed by atoms with Gasteiger partial charge in [-0.15, -0.1) is 0 Å². The second kappa shape index (κ2) is 9.88. The van der Waals surface area contributed by atoms with E-state index in [0.717, 1.165) is 18.8 Å². The number of ether oxygens (including phenoxy) is 3. The molecule has 0 heterocycles. The normalized spacial score (nSPS) is 10.6. The van der Waals surface area contributed by atoms with Crippen LogP contribution < -0.4 is 10.1 Å². The molecule has 102 valence electrons. The molecule has 1 N–H and O–H groups in total. The predicted octanol–water partition coefficient (Wildman–Crippen LogP) is 1.63. The number of aryl methyl sites for hydroxylation is 1. The van der Waals surface area contributed by atoms with E-state index in [9.17, 15) is 0 Å². The molecule has 0 bridgehead atoms. The molecule has 1 aromatic carbocycles. The highest BCUT2D eigenvalue weighted by Crippen LogP contribution is 2.11. The summed E-state index contributed by atoms with van der Waals surface area (Å²) in [6.07, 6.45) is 0. The van der Waals surface area contributed by atoms with E-state index < -0.39 is 0 Å². The monoisotopic (exact) mass is 253 g/mol. The van der Waals surface area contributed by atoms with Gasteiger partial charge in [0, 0.05) is 20.2 Å². The van der Waals surface area contributed by atoms with E-state index in [0.29, 0.717) is 26.4 Å². The Morgan fingerprint density at radius 2 is 1.89 bits per heavy atom. The molecule has 0 saturated carbocycles. The lowest BCUT2D eigenvalue weighted by molar-refractivity contribution is 0.0717. The van der Waals surface area contributed by atoms with Gasteiger partial charge in [-0.3, -0.25) is 0 Å². The summed E-state index contributed by atoms with van der Waals surface area (Å²) in [5.41, 5.74) is 1.21. The quantitative estimate of drug-likeness (QED) is 0.643. The van der Waals surface area contributed by atoms with Crippen molar-refractivity contribution >= 4 is 0 Å². The minimum absolute atomic E-state index is 0.649. The maximum atomic E-state index is 5.61. The van der Waals surface area contributed by atoms with Crippen LogP contribution in [0.25, 0.3) is 0 Å². The molecule has 0 aliphatic heterocycles. The van der Waals surface area contributed by atoms with Crippen LogP contribution >= 0.6 is 0 Å². The zero-order chi connectivity index (χ0) is 13.1. The third kappa shape index (κ3) is 7.27. The molecular weight excluding hydrogens is 230 g/mol. The predicted molar refractivity (Wildman–Crippen MR) is 72.2 cm³/mol. The maximum Gasteiger partial charge on any atom is 0.119 e. The lowest BCUT2D eigenvalue weighted by atomic mass is 10.2. The third-order valence-corrected chi connectivity index (χ3v) is 2.39. The molecule has 4 heteroatoms. The van der Waals surface area contributed by atoms with Gasteiger partial charge in [-0.2, -0.15) is 0 Å². The molecule has 0 aromatic heterocycles. The Kier molecular flexibility index (Phi) is 8.21. The second-order valence-corrected chi connectivity index (χ2v) is 4.02. The Balaban J connectivity index is 1.92. The van der Waals surface area contributed by atoms with Crippen molar-refractivity contribution in [3.63, 3.8) is 0 Å². The maximum absolute atomic E-state index is 5.61. The van der Waals surface area contributed by atoms with Crippen molar-refractivity contribution in [1.29, 1.82) is 0 Å². The summed E-state index contributed by atoms with van der Waals surface area (Å²) in [6.45, 7) is 6.38. The highest BCUT2D eigenvalue weighted by molar-refractivity contribution is 5.27. The van der Waals surface area contributed by atoms with Gasteiger partial charge in [0.05, 0.1) is 19.8 Å². The van der Waals surface area contributed by atoms with Crippen molar-refractivity contribution < 1.29 is 14.2 Å². The van der Waals surface area contributed by atoms with E-state index in [-0.39, 0.29) is 0 Å². The third-order valence-electron chi connectivity index (χ3n) is 2.39. The molecule has 0 aliphatic rings. The summed E-state index contributed by atoms with van der Waals surface area (Å²) in [4.78, 5) is 0. The minimum atomic E-state index is 0.649. The zero-order valence-electron chi connectivity index (χ0n) is 11.3. The number of benzene rings is 1. The van der Waals surface area contributed by atoms with Crippen molar-refractivity contribution in [3.8, 4) is 5.75 Å². The Hall–Kier alpha value is -1.10. The first-order chi connectivity index (χ1) is 8.83. The summed E-state index contributed by atoms with van der Waals surface area (Å²) < 4.78 is 15.8. The Morgan fingerprint density at radius 3 is 2.67 bits per heavy atom. The molecular formula is C14H23NO3. The standard InChI is InChI=1S/C14H23NO3/c1-13-4-3-5-14(12-13)18-9-7-15-6-8-17-11-10-16-2/h3-5,12,15H,6-11H2,1-2H3. The summed E-state index contributed by atoms with van der Waals surface area (Å²) in [7, 11) is 1.67. The van der Waals surface area contributed by atoms with E-state index >= 15 is 0 Å². The fourth-order valence-corrected chi connectivity index (χ4v) is 1.46. The first-order valence-corrected chi connectivity index (χ1v) is 6.30. The molecule has 0 saturated heterocycles. The van der Waals surface area contributed by atoms with Crippen molar-refractivity contribution in [3.05, 3.63) is 29.8 Å². The van der Waals surface area contributed by atoms with Crippen LogP contribution in [0.1, 0.15) is 5.56 Å². The van der Waals surface area contributed by atoms with Gasteiger partial charge in [0.25, 0.3) is 0 Å². The lowest BCUT2D eigenvalue weighted by Gasteiger charge is -2.08. The largest absolute Gasteiger partial charge is 0.492 e. The summed E-state index contributed by atoms with van der Waals surface area (Å²) in [5, 5.41) is 3.26. The van der Waals surface area contributed by atoms with Crippen LogP contribution in [0.4, 0.5) is 0 Å². The molecule has 1 rings (SSSR count). The number of methoxy groups -OCH3 is 1. The SMILES string of the molecule is COCCOCCNCCOc1cccc(C)c1. The first-order valence-electron chi connectivity index (χ1n) is 6.30. The van der Waals surface area contributed by atoms with Crippen LogP contribution in [0, 0.1) is 6.92 Å². The molecule has 0 unspecified atom stereocenters. The highest BCUT2D eigenvalue weighted by Gasteiger charge is 1.94. The molecule has 0 amide bonds. The van der Waals surface area contributed by atoms with Crippen LogP contribution in [0.3, 0.4) is 0 Å². The van der Waals surface area contributed by atoms with Crippen LogP contribution in [0.5, 0.6) is 5.75 Å². The van der Waals surface area contributed by atoms with Gasteiger partial charge in [-0.05, 0) is 24.6 Å². The molecule has 4 nitrogen and oxygen atoms in total. The highest BCUT2D eigenvalue weighted by atomic mass is 16.5. The van der Waals surface area contributed by atoms with E-state index in [1.54, 1.807) is 7.11 Å². The number of hydrogen-bond donors (Lipinski definition) is 1. The van der Waals surface area contributed by atoms with Crippen LogP contribution in [0.2, 0.25) is 0 Å². The Labute approximate surface area is 109 Å². The average molecular weight is 253 g/mol. The molecule has 18 heavy (non-hydrogen) atoms. The van der Waals surface area contributed by atoms with Gasteiger partial charge < -0.3 is 19.5 Å². The van der Waals surface area contributed by atoms with Gasteiger partial charge in [-0.25, -0.2) is 0 Å². The molecule has 0 radical (unpaired) electrons. The molecule has 1 aromatic rings. The van der Waals surface area contributed by atoms with Crippen LogP contribution in [-0.2, 0) is 9.47 Å². The smallest absolute Gasteiger partial charge is 0.119 e. The van der Waals surface area contributed by atoms with Crippen LogP contribution in [0.15, 0.2) is 24.3 Å².